The first-order valence-corrected chi connectivity index (χ1v) is 11.8. The Morgan fingerprint density at radius 2 is 1.57 bits per heavy atom. The highest BCUT2D eigenvalue weighted by Gasteiger charge is 2.32. The number of ether oxygens (including phenoxy) is 1. The minimum atomic E-state index is -1.08. The Balaban J connectivity index is 1.24. The first kappa shape index (κ1) is 22.7. The van der Waals surface area contributed by atoms with Gasteiger partial charge in [-0.25, -0.2) is 9.59 Å². The number of amides is 2. The van der Waals surface area contributed by atoms with E-state index >= 15 is 0 Å². The number of anilines is 1. The molecule has 2 aliphatic rings. The van der Waals surface area contributed by atoms with Crippen LogP contribution in [0.5, 0.6) is 0 Å². The highest BCUT2D eigenvalue weighted by molar-refractivity contribution is 5.98. The van der Waals surface area contributed by atoms with Crippen LogP contribution >= 0.6 is 0 Å². The number of nitrogens with one attached hydrogen (secondary N) is 2. The van der Waals surface area contributed by atoms with E-state index in [1.807, 2.05) is 24.3 Å². The molecule has 0 spiro atoms. The number of alkyl carbamates (subject to hydrolysis) is 1. The van der Waals surface area contributed by atoms with Crippen molar-refractivity contribution in [1.29, 1.82) is 0 Å². The summed E-state index contributed by atoms with van der Waals surface area (Å²) in [6.45, 7) is 0.165. The van der Waals surface area contributed by atoms with Crippen LogP contribution in [0.15, 0.2) is 72.8 Å². The van der Waals surface area contributed by atoms with E-state index in [4.69, 9.17) is 4.74 Å². The molecule has 7 nitrogen and oxygen atoms in total. The largest absolute Gasteiger partial charge is 0.478 e. The summed E-state index contributed by atoms with van der Waals surface area (Å²) >= 11 is 0. The maximum Gasteiger partial charge on any atom is 0.407 e. The number of benzene rings is 3. The molecule has 0 saturated heterocycles. The van der Waals surface area contributed by atoms with Gasteiger partial charge in [0, 0.05) is 11.6 Å². The fourth-order valence-corrected chi connectivity index (χ4v) is 4.66. The number of carbonyl (C=O) groups is 3. The molecule has 178 valence electrons. The van der Waals surface area contributed by atoms with Gasteiger partial charge in [0.15, 0.2) is 0 Å². The zero-order chi connectivity index (χ0) is 24.4. The third-order valence-electron chi connectivity index (χ3n) is 6.60. The van der Waals surface area contributed by atoms with Gasteiger partial charge in [-0.15, -0.1) is 0 Å². The average molecular weight is 471 g/mol. The van der Waals surface area contributed by atoms with Crippen molar-refractivity contribution >= 4 is 23.7 Å². The molecule has 35 heavy (non-hydrogen) atoms. The lowest BCUT2D eigenvalue weighted by atomic mass is 9.98. The Labute approximate surface area is 203 Å². The predicted octanol–water partition coefficient (Wildman–Crippen LogP) is 5.03. The Bertz CT molecular complexity index is 1240. The third kappa shape index (κ3) is 5.04. The summed E-state index contributed by atoms with van der Waals surface area (Å²) < 4.78 is 5.62. The molecule has 3 aromatic rings. The molecule has 0 aliphatic heterocycles. The van der Waals surface area contributed by atoms with Gasteiger partial charge in [-0.05, 0) is 52.8 Å². The molecular formula is C28H26N2O5. The lowest BCUT2D eigenvalue weighted by Crippen LogP contribution is -2.44. The Kier molecular flexibility index (Phi) is 6.23. The van der Waals surface area contributed by atoms with Crippen molar-refractivity contribution in [2.75, 3.05) is 11.9 Å². The zero-order valence-electron chi connectivity index (χ0n) is 19.1. The monoisotopic (exact) mass is 470 g/mol. The Morgan fingerprint density at radius 3 is 2.20 bits per heavy atom. The van der Waals surface area contributed by atoms with Gasteiger partial charge in [0.1, 0.15) is 12.6 Å². The van der Waals surface area contributed by atoms with Gasteiger partial charge in [0.2, 0.25) is 5.91 Å². The van der Waals surface area contributed by atoms with E-state index in [0.717, 1.165) is 35.1 Å². The molecule has 2 amide bonds. The molecule has 0 radical (unpaired) electrons. The van der Waals surface area contributed by atoms with Crippen LogP contribution in [0, 0.1) is 5.92 Å². The molecule has 2 aliphatic carbocycles. The fraction of sp³-hybridized carbons (Fsp3) is 0.250. The minimum absolute atomic E-state index is 0.0670. The first-order chi connectivity index (χ1) is 17.0. The lowest BCUT2D eigenvalue weighted by molar-refractivity contribution is -0.118. The SMILES string of the molecule is O=C(N[C@@H](CC1CC1)C(=O)Nc1cccc(C(=O)O)c1)OCC1c2ccccc2-c2ccccc21. The predicted molar refractivity (Wildman–Crippen MR) is 131 cm³/mol. The minimum Gasteiger partial charge on any atom is -0.478 e. The molecule has 1 saturated carbocycles. The van der Waals surface area contributed by atoms with E-state index in [-0.39, 0.29) is 18.1 Å². The summed E-state index contributed by atoms with van der Waals surface area (Å²) in [6.07, 6.45) is 1.90. The molecule has 1 fully saturated rings. The quantitative estimate of drug-likeness (QED) is 0.428. The maximum absolute atomic E-state index is 13.0. The summed E-state index contributed by atoms with van der Waals surface area (Å²) in [6, 6.07) is 21.5. The number of carboxylic acid groups (broad SMARTS) is 1. The van der Waals surface area contributed by atoms with Gasteiger partial charge < -0.3 is 20.5 Å². The Hall–Kier alpha value is -4.13. The summed E-state index contributed by atoms with van der Waals surface area (Å²) in [5.74, 6) is -1.16. The second-order valence-corrected chi connectivity index (χ2v) is 9.08. The molecule has 3 aromatic carbocycles. The molecule has 0 bridgehead atoms. The fourth-order valence-electron chi connectivity index (χ4n) is 4.66. The zero-order valence-corrected chi connectivity index (χ0v) is 19.1. The van der Waals surface area contributed by atoms with E-state index in [1.54, 1.807) is 12.1 Å². The van der Waals surface area contributed by atoms with Crippen LogP contribution in [-0.2, 0) is 9.53 Å². The van der Waals surface area contributed by atoms with Gasteiger partial charge in [-0.2, -0.15) is 0 Å². The standard InChI is InChI=1S/C28H26N2O5/c31-26(29-19-7-5-6-18(15-19)27(32)33)25(14-17-12-13-17)30-28(34)35-16-24-22-10-3-1-8-20(22)21-9-2-4-11-23(21)24/h1-11,15,17,24-25H,12-14,16H2,(H,29,31)(H,30,34)(H,32,33)/t25-/m0/s1. The van der Waals surface area contributed by atoms with Crippen molar-refractivity contribution in [3.8, 4) is 11.1 Å². The maximum atomic E-state index is 13.0. The number of rotatable bonds is 8. The van der Waals surface area contributed by atoms with Gasteiger partial charge in [-0.1, -0.05) is 67.4 Å². The molecule has 3 N–H and O–H groups in total. The van der Waals surface area contributed by atoms with Gasteiger partial charge in [0.25, 0.3) is 0 Å². The van der Waals surface area contributed by atoms with Crippen molar-refractivity contribution < 1.29 is 24.2 Å². The second-order valence-electron chi connectivity index (χ2n) is 9.08. The molecule has 0 unspecified atom stereocenters. The summed E-state index contributed by atoms with van der Waals surface area (Å²) in [5.41, 5.74) is 4.97. The van der Waals surface area contributed by atoms with Crippen LogP contribution in [0.25, 0.3) is 11.1 Å². The van der Waals surface area contributed by atoms with Crippen LogP contribution in [0.3, 0.4) is 0 Å². The van der Waals surface area contributed by atoms with Gasteiger partial charge in [-0.3, -0.25) is 4.79 Å². The smallest absolute Gasteiger partial charge is 0.407 e. The molecule has 0 aromatic heterocycles. The van der Waals surface area contributed by atoms with Crippen molar-refractivity contribution in [3.05, 3.63) is 89.5 Å². The van der Waals surface area contributed by atoms with Crippen LogP contribution in [0.2, 0.25) is 0 Å². The van der Waals surface area contributed by atoms with E-state index in [0.29, 0.717) is 18.0 Å². The molecule has 1 atom stereocenters. The second kappa shape index (κ2) is 9.62. The van der Waals surface area contributed by atoms with Crippen LogP contribution < -0.4 is 10.6 Å². The molecule has 0 heterocycles. The van der Waals surface area contributed by atoms with Crippen LogP contribution in [-0.4, -0.2) is 35.7 Å². The lowest BCUT2D eigenvalue weighted by Gasteiger charge is -2.20. The normalized spacial score (nSPS) is 15.0. The molecule has 7 heteroatoms. The van der Waals surface area contributed by atoms with Crippen molar-refractivity contribution in [2.24, 2.45) is 5.92 Å². The molecular weight excluding hydrogens is 444 g/mol. The van der Waals surface area contributed by atoms with E-state index in [9.17, 15) is 19.5 Å². The summed E-state index contributed by atoms with van der Waals surface area (Å²) in [5, 5.41) is 14.6. The topological polar surface area (TPSA) is 105 Å². The Morgan fingerprint density at radius 1 is 0.914 bits per heavy atom. The summed E-state index contributed by atoms with van der Waals surface area (Å²) in [7, 11) is 0. The van der Waals surface area contributed by atoms with Crippen LogP contribution in [0.1, 0.15) is 46.7 Å². The highest BCUT2D eigenvalue weighted by Crippen LogP contribution is 2.44. The number of fused-ring (bicyclic) bond motifs is 3. The average Bonchev–Trinajstić information content (AvgIpc) is 3.63. The van der Waals surface area contributed by atoms with Gasteiger partial charge in [0.05, 0.1) is 5.56 Å². The first-order valence-electron chi connectivity index (χ1n) is 11.8. The van der Waals surface area contributed by atoms with Gasteiger partial charge >= 0.3 is 12.1 Å². The number of carboxylic acids is 1. The molecule has 5 rings (SSSR count). The van der Waals surface area contributed by atoms with E-state index in [1.165, 1.54) is 12.1 Å². The number of carbonyl (C=O) groups excluding carboxylic acids is 2. The van der Waals surface area contributed by atoms with Crippen molar-refractivity contribution in [1.82, 2.24) is 5.32 Å². The number of aromatic carboxylic acids is 1. The van der Waals surface area contributed by atoms with E-state index < -0.39 is 24.0 Å². The number of hydrogen-bond donors (Lipinski definition) is 3. The van der Waals surface area contributed by atoms with Crippen molar-refractivity contribution in [3.63, 3.8) is 0 Å². The van der Waals surface area contributed by atoms with Crippen LogP contribution in [0.4, 0.5) is 10.5 Å². The summed E-state index contributed by atoms with van der Waals surface area (Å²) in [4.78, 5) is 36.9. The number of hydrogen-bond acceptors (Lipinski definition) is 4. The van der Waals surface area contributed by atoms with E-state index in [2.05, 4.69) is 34.9 Å². The third-order valence-corrected chi connectivity index (χ3v) is 6.60. The highest BCUT2D eigenvalue weighted by atomic mass is 16.5. The van der Waals surface area contributed by atoms with Crippen molar-refractivity contribution in [2.45, 2.75) is 31.2 Å².